The minimum absolute atomic E-state index is 0.0625. The summed E-state index contributed by atoms with van der Waals surface area (Å²) in [6.07, 6.45) is 2.75. The number of benzene rings is 1. The van der Waals surface area contributed by atoms with Crippen molar-refractivity contribution in [3.8, 4) is 0 Å². The summed E-state index contributed by atoms with van der Waals surface area (Å²) in [5.41, 5.74) is 1.52. The van der Waals surface area contributed by atoms with Gasteiger partial charge in [0.25, 0.3) is 0 Å². The lowest BCUT2D eigenvalue weighted by atomic mass is 10.1. The number of halogens is 1. The molecule has 0 amide bonds. The highest BCUT2D eigenvalue weighted by Crippen LogP contribution is 2.44. The van der Waals surface area contributed by atoms with Crippen molar-refractivity contribution in [2.75, 3.05) is 5.75 Å². The number of carboxylic acid groups (broad SMARTS) is 1. The molecule has 0 aromatic heterocycles. The molecule has 5 nitrogen and oxygen atoms in total. The van der Waals surface area contributed by atoms with Crippen molar-refractivity contribution in [1.29, 1.82) is 10.8 Å². The minimum Gasteiger partial charge on any atom is -0.481 e. The summed E-state index contributed by atoms with van der Waals surface area (Å²) in [6, 6.07) is 5.51. The second-order valence-electron chi connectivity index (χ2n) is 5.05. The van der Waals surface area contributed by atoms with Crippen LogP contribution in [-0.4, -0.2) is 28.0 Å². The van der Waals surface area contributed by atoms with E-state index in [0.717, 1.165) is 30.2 Å². The highest BCUT2D eigenvalue weighted by atomic mass is 35.5. The first-order valence-corrected chi connectivity index (χ1v) is 8.33. The second-order valence-corrected chi connectivity index (χ2v) is 6.49. The number of thioether (sulfide) groups is 1. The van der Waals surface area contributed by atoms with Crippen molar-refractivity contribution in [2.24, 2.45) is 0 Å². The van der Waals surface area contributed by atoms with Crippen molar-refractivity contribution in [3.63, 3.8) is 0 Å². The zero-order valence-electron chi connectivity index (χ0n) is 11.9. The Kier molecular flexibility index (Phi) is 5.85. The van der Waals surface area contributed by atoms with E-state index in [2.05, 4.69) is 0 Å². The van der Waals surface area contributed by atoms with Crippen LogP contribution < -0.4 is 0 Å². The third kappa shape index (κ3) is 4.74. The molecular formula is C15H17ClN2O3S. The van der Waals surface area contributed by atoms with Crippen LogP contribution in [0.15, 0.2) is 18.2 Å². The fourth-order valence-electron chi connectivity index (χ4n) is 2.00. The maximum absolute atomic E-state index is 10.4. The lowest BCUT2D eigenvalue weighted by Crippen LogP contribution is -2.11. The molecule has 1 saturated carbocycles. The van der Waals surface area contributed by atoms with Crippen LogP contribution in [0.2, 0.25) is 5.02 Å². The highest BCUT2D eigenvalue weighted by Gasteiger charge is 2.27. The summed E-state index contributed by atoms with van der Waals surface area (Å²) in [6.45, 7) is 0. The molecule has 0 bridgehead atoms. The number of aliphatic carboxylic acids is 1. The van der Waals surface area contributed by atoms with Crippen molar-refractivity contribution in [1.82, 2.24) is 0 Å². The van der Waals surface area contributed by atoms with Gasteiger partial charge in [-0.25, -0.2) is 0 Å². The average Bonchev–Trinajstić information content (AvgIpc) is 3.28. The molecule has 3 N–H and O–H groups in total. The normalized spacial score (nSPS) is 13.7. The van der Waals surface area contributed by atoms with Crippen molar-refractivity contribution in [2.45, 2.75) is 31.6 Å². The van der Waals surface area contributed by atoms with E-state index in [1.54, 1.807) is 6.07 Å². The molecule has 1 fully saturated rings. The summed E-state index contributed by atoms with van der Waals surface area (Å²) in [4.78, 5) is 10.4. The molecule has 1 aliphatic rings. The van der Waals surface area contributed by atoms with Crippen molar-refractivity contribution >= 4 is 40.5 Å². The monoisotopic (exact) mass is 340 g/mol. The topological polar surface area (TPSA) is 94.2 Å². The summed E-state index contributed by atoms with van der Waals surface area (Å²) in [5, 5.41) is 24.6. The quantitative estimate of drug-likeness (QED) is 0.413. The first-order chi connectivity index (χ1) is 10.5. The first kappa shape index (κ1) is 16.8. The van der Waals surface area contributed by atoms with Gasteiger partial charge in [-0.05, 0) is 36.8 Å². The van der Waals surface area contributed by atoms with Crippen LogP contribution in [0.25, 0.3) is 0 Å². The van der Waals surface area contributed by atoms with Crippen LogP contribution in [0, 0.1) is 10.8 Å². The van der Waals surface area contributed by atoms with E-state index >= 15 is 0 Å². The van der Waals surface area contributed by atoms with E-state index in [9.17, 15) is 4.79 Å². The predicted octanol–water partition coefficient (Wildman–Crippen LogP) is 4.09. The Morgan fingerprint density at radius 3 is 2.77 bits per heavy atom. The molecule has 1 aromatic rings. The number of hydrogen-bond acceptors (Lipinski definition) is 5. The number of rotatable bonds is 6. The Labute approximate surface area is 138 Å². The molecule has 0 aliphatic heterocycles. The van der Waals surface area contributed by atoms with Crippen LogP contribution >= 0.6 is 23.4 Å². The van der Waals surface area contributed by atoms with Crippen LogP contribution in [0.5, 0.6) is 0 Å². The molecule has 0 unspecified atom stereocenters. The van der Waals surface area contributed by atoms with Crippen LogP contribution in [0.3, 0.4) is 0 Å². The number of ether oxygens (including phenoxy) is 1. The molecule has 7 heteroatoms. The fraction of sp³-hybridized carbons (Fsp3) is 0.400. The summed E-state index contributed by atoms with van der Waals surface area (Å²) in [5.74, 6) is -0.0633. The molecule has 0 atom stereocenters. The lowest BCUT2D eigenvalue weighted by molar-refractivity contribution is -0.137. The van der Waals surface area contributed by atoms with Gasteiger partial charge in [-0.3, -0.25) is 15.6 Å². The molecule has 118 valence electrons. The van der Waals surface area contributed by atoms with Gasteiger partial charge in [0, 0.05) is 12.2 Å². The van der Waals surface area contributed by atoms with E-state index in [4.69, 9.17) is 32.3 Å². The molecule has 22 heavy (non-hydrogen) atoms. The smallest absolute Gasteiger partial charge is 0.303 e. The standard InChI is InChI=1S/C15H17ClN2O3S/c16-13-10(9-6-7-9)3-1-4-11(13)14(17)21-15(18)22-8-2-5-12(19)20/h1,3-4,9,17-18H,2,5-8H2,(H,19,20). The lowest BCUT2D eigenvalue weighted by Gasteiger charge is -2.11. The van der Waals surface area contributed by atoms with Gasteiger partial charge in [-0.15, -0.1) is 0 Å². The van der Waals surface area contributed by atoms with Gasteiger partial charge in [0.1, 0.15) is 0 Å². The average molecular weight is 341 g/mol. The van der Waals surface area contributed by atoms with Crippen molar-refractivity contribution < 1.29 is 14.6 Å². The predicted molar refractivity (Wildman–Crippen MR) is 88.4 cm³/mol. The molecule has 1 aliphatic carbocycles. The van der Waals surface area contributed by atoms with E-state index in [0.29, 0.717) is 28.7 Å². The molecule has 0 saturated heterocycles. The SMILES string of the molecule is N=C(OC(=N)c1cccc(C2CC2)c1Cl)SCCCC(=O)O. The van der Waals surface area contributed by atoms with E-state index in [1.807, 2.05) is 12.1 Å². The minimum atomic E-state index is -0.857. The molecule has 0 heterocycles. The summed E-state index contributed by atoms with van der Waals surface area (Å²) >= 11 is 7.40. The number of hydrogen-bond donors (Lipinski definition) is 3. The number of nitrogens with one attached hydrogen (secondary N) is 2. The molecule has 0 radical (unpaired) electrons. The number of carbonyl (C=O) groups is 1. The first-order valence-electron chi connectivity index (χ1n) is 6.97. The molecule has 0 spiro atoms. The van der Waals surface area contributed by atoms with Gasteiger partial charge in [-0.1, -0.05) is 35.5 Å². The molecular weight excluding hydrogens is 324 g/mol. The fourth-order valence-corrected chi connectivity index (χ4v) is 2.98. The van der Waals surface area contributed by atoms with Gasteiger partial charge in [0.05, 0.1) is 10.6 Å². The second kappa shape index (κ2) is 7.65. The Morgan fingerprint density at radius 1 is 1.41 bits per heavy atom. The maximum Gasteiger partial charge on any atom is 0.303 e. The zero-order valence-corrected chi connectivity index (χ0v) is 13.5. The Morgan fingerprint density at radius 2 is 2.14 bits per heavy atom. The van der Waals surface area contributed by atoms with Crippen LogP contribution in [-0.2, 0) is 9.53 Å². The van der Waals surface area contributed by atoms with Crippen molar-refractivity contribution in [3.05, 3.63) is 34.3 Å². The van der Waals surface area contributed by atoms with E-state index in [-0.39, 0.29) is 17.5 Å². The number of carboxylic acids is 1. The third-order valence-electron chi connectivity index (χ3n) is 3.25. The van der Waals surface area contributed by atoms with Crippen LogP contribution in [0.1, 0.15) is 42.7 Å². The largest absolute Gasteiger partial charge is 0.481 e. The van der Waals surface area contributed by atoms with E-state index in [1.165, 1.54) is 0 Å². The zero-order chi connectivity index (χ0) is 16.1. The third-order valence-corrected chi connectivity index (χ3v) is 4.51. The van der Waals surface area contributed by atoms with Gasteiger partial charge in [0.2, 0.25) is 11.1 Å². The summed E-state index contributed by atoms with van der Waals surface area (Å²) in [7, 11) is 0. The highest BCUT2D eigenvalue weighted by molar-refractivity contribution is 8.13. The molecule has 2 rings (SSSR count). The van der Waals surface area contributed by atoms with Gasteiger partial charge in [0.15, 0.2) is 0 Å². The van der Waals surface area contributed by atoms with Gasteiger partial charge in [-0.2, -0.15) is 0 Å². The Bertz CT molecular complexity index is 602. The molecule has 1 aromatic carbocycles. The van der Waals surface area contributed by atoms with Gasteiger partial charge < -0.3 is 9.84 Å². The van der Waals surface area contributed by atoms with Gasteiger partial charge >= 0.3 is 5.97 Å². The Balaban J connectivity index is 1.88. The summed E-state index contributed by atoms with van der Waals surface area (Å²) < 4.78 is 5.18. The van der Waals surface area contributed by atoms with E-state index < -0.39 is 5.97 Å². The Hall–Kier alpha value is -1.53. The maximum atomic E-state index is 10.4. The van der Waals surface area contributed by atoms with Crippen LogP contribution in [0.4, 0.5) is 0 Å².